The lowest BCUT2D eigenvalue weighted by atomic mass is 10.2. The Morgan fingerprint density at radius 1 is 1.21 bits per heavy atom. The zero-order valence-electron chi connectivity index (χ0n) is 12.9. The summed E-state index contributed by atoms with van der Waals surface area (Å²) in [6, 6.07) is 1.17. The normalized spacial score (nSPS) is 17.8. The minimum atomic E-state index is 0.584. The largest absolute Gasteiger partial charge is 0.378 e. The lowest BCUT2D eigenvalue weighted by Crippen LogP contribution is -2.45. The van der Waals surface area contributed by atoms with Gasteiger partial charge in [0.25, 0.3) is 0 Å². The van der Waals surface area contributed by atoms with Crippen molar-refractivity contribution in [2.75, 3.05) is 39.4 Å². The first-order valence-corrected chi connectivity index (χ1v) is 7.40. The van der Waals surface area contributed by atoms with Crippen LogP contribution in [0.2, 0.25) is 0 Å². The van der Waals surface area contributed by atoms with Crippen LogP contribution in [0.25, 0.3) is 0 Å². The average molecular weight is 270 g/mol. The molecule has 1 saturated heterocycles. The van der Waals surface area contributed by atoms with E-state index in [1.54, 1.807) is 0 Å². The molecule has 1 aliphatic heterocycles. The molecule has 2 N–H and O–H groups in total. The van der Waals surface area contributed by atoms with Crippen LogP contribution in [0.1, 0.15) is 34.1 Å². The second kappa shape index (κ2) is 8.38. The van der Waals surface area contributed by atoms with E-state index in [4.69, 9.17) is 10.5 Å². The van der Waals surface area contributed by atoms with Gasteiger partial charge in [-0.05, 0) is 34.1 Å². The van der Waals surface area contributed by atoms with Crippen LogP contribution in [0.4, 0.5) is 0 Å². The third kappa shape index (κ3) is 5.78. The molecule has 0 aromatic carbocycles. The van der Waals surface area contributed by atoms with Gasteiger partial charge in [-0.25, -0.2) is 0 Å². The highest BCUT2D eigenvalue weighted by molar-refractivity contribution is 5.78. The summed E-state index contributed by atoms with van der Waals surface area (Å²) in [5.41, 5.74) is 5.99. The molecular formula is C14H30N4O. The summed E-state index contributed by atoms with van der Waals surface area (Å²) in [6.07, 6.45) is 1.06. The Hall–Kier alpha value is -0.810. The molecule has 1 heterocycles. The minimum absolute atomic E-state index is 0.584. The van der Waals surface area contributed by atoms with Crippen LogP contribution < -0.4 is 5.73 Å². The summed E-state index contributed by atoms with van der Waals surface area (Å²) >= 11 is 0. The van der Waals surface area contributed by atoms with Gasteiger partial charge in [-0.2, -0.15) is 0 Å². The molecule has 0 atom stereocenters. The maximum Gasteiger partial charge on any atom is 0.191 e. The Balaban J connectivity index is 2.28. The summed E-state index contributed by atoms with van der Waals surface area (Å²) in [4.78, 5) is 9.07. The first-order chi connectivity index (χ1) is 9.02. The Bertz CT molecular complexity index is 265. The predicted octanol–water partition coefficient (Wildman–Crippen LogP) is 1.14. The van der Waals surface area contributed by atoms with Crippen LogP contribution in [0.15, 0.2) is 4.99 Å². The fourth-order valence-corrected chi connectivity index (χ4v) is 2.45. The van der Waals surface area contributed by atoms with E-state index in [1.807, 2.05) is 0 Å². The third-order valence-corrected chi connectivity index (χ3v) is 3.51. The zero-order chi connectivity index (χ0) is 14.3. The van der Waals surface area contributed by atoms with E-state index in [0.717, 1.165) is 45.8 Å². The fourth-order valence-electron chi connectivity index (χ4n) is 2.45. The Morgan fingerprint density at radius 2 is 1.79 bits per heavy atom. The van der Waals surface area contributed by atoms with Crippen molar-refractivity contribution in [3.63, 3.8) is 0 Å². The number of hydrogen-bond acceptors (Lipinski definition) is 3. The van der Waals surface area contributed by atoms with Crippen molar-refractivity contribution in [2.24, 2.45) is 10.7 Å². The highest BCUT2D eigenvalue weighted by atomic mass is 16.5. The number of hydrogen-bond donors (Lipinski definition) is 1. The molecule has 0 radical (unpaired) electrons. The summed E-state index contributed by atoms with van der Waals surface area (Å²) in [5, 5.41) is 0. The molecule has 0 aliphatic carbocycles. The maximum atomic E-state index is 5.99. The summed E-state index contributed by atoms with van der Waals surface area (Å²) in [5.74, 6) is 0.670. The van der Waals surface area contributed by atoms with Crippen LogP contribution in [-0.4, -0.2) is 67.2 Å². The molecule has 0 amide bonds. The average Bonchev–Trinajstić information content (AvgIpc) is 2.38. The number of morpholine rings is 1. The van der Waals surface area contributed by atoms with E-state index in [1.165, 1.54) is 0 Å². The summed E-state index contributed by atoms with van der Waals surface area (Å²) < 4.78 is 5.30. The highest BCUT2D eigenvalue weighted by Gasteiger charge is 2.13. The van der Waals surface area contributed by atoms with Gasteiger partial charge in [-0.1, -0.05) is 0 Å². The van der Waals surface area contributed by atoms with Gasteiger partial charge in [0.05, 0.1) is 13.2 Å². The van der Waals surface area contributed by atoms with Crippen molar-refractivity contribution in [1.29, 1.82) is 0 Å². The van der Waals surface area contributed by atoms with Gasteiger partial charge in [0.1, 0.15) is 0 Å². The molecule has 0 saturated carbocycles. The number of aliphatic imine (C=N–C) groups is 1. The molecule has 1 rings (SSSR count). The van der Waals surface area contributed by atoms with Crippen LogP contribution in [0.3, 0.4) is 0 Å². The van der Waals surface area contributed by atoms with E-state index < -0.39 is 0 Å². The van der Waals surface area contributed by atoms with Gasteiger partial charge in [-0.15, -0.1) is 0 Å². The van der Waals surface area contributed by atoms with Gasteiger partial charge in [0, 0.05) is 38.3 Å². The van der Waals surface area contributed by atoms with Crippen molar-refractivity contribution < 1.29 is 4.74 Å². The number of ether oxygens (including phenoxy) is 1. The molecule has 112 valence electrons. The highest BCUT2D eigenvalue weighted by Crippen LogP contribution is 2.05. The molecule has 5 heteroatoms. The maximum absolute atomic E-state index is 5.99. The Labute approximate surface area is 117 Å². The van der Waals surface area contributed by atoms with E-state index in [-0.39, 0.29) is 0 Å². The monoisotopic (exact) mass is 270 g/mol. The molecular weight excluding hydrogens is 240 g/mol. The molecule has 0 aromatic heterocycles. The molecule has 19 heavy (non-hydrogen) atoms. The lowest BCUT2D eigenvalue weighted by Gasteiger charge is -2.30. The van der Waals surface area contributed by atoms with Crippen molar-refractivity contribution in [3.05, 3.63) is 0 Å². The van der Waals surface area contributed by atoms with Gasteiger partial charge in [-0.3, -0.25) is 9.89 Å². The molecule has 0 unspecified atom stereocenters. The minimum Gasteiger partial charge on any atom is -0.378 e. The van der Waals surface area contributed by atoms with Gasteiger partial charge in [0.2, 0.25) is 0 Å². The lowest BCUT2D eigenvalue weighted by molar-refractivity contribution is 0.0674. The molecule has 0 aromatic rings. The number of guanidine groups is 1. The molecule has 1 aliphatic rings. The van der Waals surface area contributed by atoms with Crippen molar-refractivity contribution in [2.45, 2.75) is 46.2 Å². The standard InChI is InChI=1S/C14H30N4O/c1-12(2)18(13(3)4)7-5-6-16-14(15)17-8-10-19-11-9-17/h12-13H,5-11H2,1-4H3,(H2,15,16). The second-order valence-corrected chi connectivity index (χ2v) is 5.62. The van der Waals surface area contributed by atoms with Gasteiger partial charge in [0.15, 0.2) is 5.96 Å². The van der Waals surface area contributed by atoms with Gasteiger partial charge >= 0.3 is 0 Å². The summed E-state index contributed by atoms with van der Waals surface area (Å²) in [7, 11) is 0. The van der Waals surface area contributed by atoms with Crippen molar-refractivity contribution in [1.82, 2.24) is 9.80 Å². The predicted molar refractivity (Wildman–Crippen MR) is 80.5 cm³/mol. The van der Waals surface area contributed by atoms with Crippen LogP contribution in [0, 0.1) is 0 Å². The SMILES string of the molecule is CC(C)N(CCCN=C(N)N1CCOCC1)C(C)C. The first kappa shape index (κ1) is 16.2. The van der Waals surface area contributed by atoms with Gasteiger partial charge < -0.3 is 15.4 Å². The summed E-state index contributed by atoms with van der Waals surface area (Å²) in [6.45, 7) is 14.1. The van der Waals surface area contributed by atoms with Crippen molar-refractivity contribution >= 4 is 5.96 Å². The smallest absolute Gasteiger partial charge is 0.191 e. The fraction of sp³-hybridized carbons (Fsp3) is 0.929. The molecule has 1 fully saturated rings. The van der Waals surface area contributed by atoms with E-state index in [9.17, 15) is 0 Å². The Kier molecular flexibility index (Phi) is 7.16. The van der Waals surface area contributed by atoms with E-state index in [2.05, 4.69) is 42.5 Å². The number of nitrogens with zero attached hydrogens (tertiary/aromatic N) is 3. The van der Waals surface area contributed by atoms with E-state index in [0.29, 0.717) is 18.0 Å². The molecule has 0 bridgehead atoms. The number of rotatable bonds is 6. The first-order valence-electron chi connectivity index (χ1n) is 7.40. The third-order valence-electron chi connectivity index (χ3n) is 3.51. The van der Waals surface area contributed by atoms with Crippen LogP contribution in [-0.2, 0) is 4.74 Å². The Morgan fingerprint density at radius 3 is 2.32 bits per heavy atom. The number of nitrogens with two attached hydrogens (primary N) is 1. The molecule has 0 spiro atoms. The van der Waals surface area contributed by atoms with Crippen LogP contribution >= 0.6 is 0 Å². The van der Waals surface area contributed by atoms with Crippen LogP contribution in [0.5, 0.6) is 0 Å². The molecule has 5 nitrogen and oxygen atoms in total. The topological polar surface area (TPSA) is 54.1 Å². The zero-order valence-corrected chi connectivity index (χ0v) is 12.9. The van der Waals surface area contributed by atoms with E-state index >= 15 is 0 Å². The quantitative estimate of drug-likeness (QED) is 0.447. The van der Waals surface area contributed by atoms with Crippen molar-refractivity contribution in [3.8, 4) is 0 Å². The second-order valence-electron chi connectivity index (χ2n) is 5.62.